The van der Waals surface area contributed by atoms with E-state index in [0.717, 1.165) is 11.3 Å². The molecule has 0 unspecified atom stereocenters. The highest BCUT2D eigenvalue weighted by Gasteiger charge is 2.17. The average Bonchev–Trinajstić information content (AvgIpc) is 2.71. The smallest absolute Gasteiger partial charge is 0.356 e. The Morgan fingerprint density at radius 2 is 1.94 bits per heavy atom. The lowest BCUT2D eigenvalue weighted by Crippen LogP contribution is -2.08. The Bertz CT molecular complexity index is 576. The number of carbonyl (C=O) groups is 1. The van der Waals surface area contributed by atoms with Crippen LogP contribution in [0.1, 0.15) is 10.5 Å². The van der Waals surface area contributed by atoms with Gasteiger partial charge in [-0.3, -0.25) is 0 Å². The first kappa shape index (κ1) is 12.4. The van der Waals surface area contributed by atoms with E-state index in [4.69, 9.17) is 10.8 Å². The number of aromatic nitrogens is 1. The molecule has 2 aromatic rings. The molecule has 0 aliphatic rings. The van der Waals surface area contributed by atoms with Crippen molar-refractivity contribution in [2.45, 2.75) is 0 Å². The number of nitrogens with zero attached hydrogens (tertiary/aromatic N) is 2. The summed E-state index contributed by atoms with van der Waals surface area (Å²) in [4.78, 5) is 17.5. The van der Waals surface area contributed by atoms with E-state index in [1.165, 1.54) is 11.3 Å². The number of benzene rings is 1. The third-order valence-electron chi connectivity index (χ3n) is 2.49. The standard InChI is InChI=1S/C12H13N3O2S/c1-15(2)8-5-3-7(4-6-8)10-9(11(16)17)14-12(13)18-10/h3-6H,1-2H3,(H2,13,14)(H,16,17). The van der Waals surface area contributed by atoms with E-state index in [9.17, 15) is 4.79 Å². The minimum atomic E-state index is -1.06. The lowest BCUT2D eigenvalue weighted by molar-refractivity contribution is 0.0692. The van der Waals surface area contributed by atoms with Gasteiger partial charge in [0.25, 0.3) is 0 Å². The van der Waals surface area contributed by atoms with Gasteiger partial charge in [-0.25, -0.2) is 9.78 Å². The Hall–Kier alpha value is -2.08. The molecule has 18 heavy (non-hydrogen) atoms. The van der Waals surface area contributed by atoms with Gasteiger partial charge < -0.3 is 15.7 Å². The predicted molar refractivity (Wildman–Crippen MR) is 73.2 cm³/mol. The summed E-state index contributed by atoms with van der Waals surface area (Å²) in [5.41, 5.74) is 7.44. The summed E-state index contributed by atoms with van der Waals surface area (Å²) in [6, 6.07) is 7.59. The Labute approximate surface area is 108 Å². The number of aromatic carboxylic acids is 1. The Kier molecular flexibility index (Phi) is 3.20. The minimum absolute atomic E-state index is 0.00935. The molecule has 1 aromatic heterocycles. The van der Waals surface area contributed by atoms with Gasteiger partial charge in [0.05, 0.1) is 4.88 Å². The predicted octanol–water partition coefficient (Wildman–Crippen LogP) is 2.16. The minimum Gasteiger partial charge on any atom is -0.476 e. The maximum absolute atomic E-state index is 11.1. The molecular weight excluding hydrogens is 250 g/mol. The van der Waals surface area contributed by atoms with Crippen molar-refractivity contribution in [3.8, 4) is 10.4 Å². The zero-order valence-corrected chi connectivity index (χ0v) is 10.9. The number of carboxylic acid groups (broad SMARTS) is 1. The summed E-state index contributed by atoms with van der Waals surface area (Å²) in [5, 5.41) is 9.33. The monoisotopic (exact) mass is 263 g/mol. The number of hydrogen-bond acceptors (Lipinski definition) is 5. The molecule has 0 aliphatic heterocycles. The highest BCUT2D eigenvalue weighted by Crippen LogP contribution is 2.32. The van der Waals surface area contributed by atoms with E-state index in [1.54, 1.807) is 0 Å². The fraction of sp³-hybridized carbons (Fsp3) is 0.167. The van der Waals surface area contributed by atoms with Crippen LogP contribution < -0.4 is 10.6 Å². The molecular formula is C12H13N3O2S. The van der Waals surface area contributed by atoms with E-state index in [2.05, 4.69) is 4.98 Å². The molecule has 5 nitrogen and oxygen atoms in total. The van der Waals surface area contributed by atoms with Crippen LogP contribution in [-0.2, 0) is 0 Å². The van der Waals surface area contributed by atoms with Crippen LogP contribution in [0.5, 0.6) is 0 Å². The number of nitrogen functional groups attached to an aromatic ring is 1. The topological polar surface area (TPSA) is 79.5 Å². The van der Waals surface area contributed by atoms with Crippen LogP contribution in [0.3, 0.4) is 0 Å². The van der Waals surface area contributed by atoms with Gasteiger partial charge in [-0.05, 0) is 17.7 Å². The molecule has 1 aromatic carbocycles. The fourth-order valence-electron chi connectivity index (χ4n) is 1.59. The summed E-state index contributed by atoms with van der Waals surface area (Å²) in [7, 11) is 3.89. The van der Waals surface area contributed by atoms with Gasteiger partial charge in [0.2, 0.25) is 0 Å². The van der Waals surface area contributed by atoms with Crippen molar-refractivity contribution in [2.75, 3.05) is 24.7 Å². The first-order valence-electron chi connectivity index (χ1n) is 5.26. The van der Waals surface area contributed by atoms with E-state index in [-0.39, 0.29) is 10.8 Å². The number of hydrogen-bond donors (Lipinski definition) is 2. The van der Waals surface area contributed by atoms with Gasteiger partial charge in [-0.1, -0.05) is 23.5 Å². The summed E-state index contributed by atoms with van der Waals surface area (Å²) in [6.07, 6.45) is 0. The van der Waals surface area contributed by atoms with E-state index < -0.39 is 5.97 Å². The van der Waals surface area contributed by atoms with Crippen molar-refractivity contribution >= 4 is 28.1 Å². The molecule has 0 bridgehead atoms. The molecule has 6 heteroatoms. The highest BCUT2D eigenvalue weighted by atomic mass is 32.1. The Morgan fingerprint density at radius 1 is 1.33 bits per heavy atom. The zero-order chi connectivity index (χ0) is 13.3. The Balaban J connectivity index is 2.45. The van der Waals surface area contributed by atoms with Crippen LogP contribution >= 0.6 is 11.3 Å². The molecule has 0 saturated carbocycles. The van der Waals surface area contributed by atoms with Gasteiger partial charge in [-0.15, -0.1) is 0 Å². The molecule has 2 rings (SSSR count). The van der Waals surface area contributed by atoms with Crippen LogP contribution in [0.4, 0.5) is 10.8 Å². The number of anilines is 2. The molecule has 3 N–H and O–H groups in total. The second-order valence-electron chi connectivity index (χ2n) is 3.98. The average molecular weight is 263 g/mol. The van der Waals surface area contributed by atoms with Crippen molar-refractivity contribution in [1.82, 2.24) is 4.98 Å². The van der Waals surface area contributed by atoms with Crippen LogP contribution in [0.15, 0.2) is 24.3 Å². The van der Waals surface area contributed by atoms with Gasteiger partial charge in [0.1, 0.15) is 0 Å². The van der Waals surface area contributed by atoms with Gasteiger partial charge in [0.15, 0.2) is 10.8 Å². The maximum atomic E-state index is 11.1. The lowest BCUT2D eigenvalue weighted by Gasteiger charge is -2.12. The SMILES string of the molecule is CN(C)c1ccc(-c2sc(N)nc2C(=O)O)cc1. The summed E-state index contributed by atoms with van der Waals surface area (Å²) >= 11 is 1.18. The molecule has 0 saturated heterocycles. The second kappa shape index (κ2) is 4.66. The summed E-state index contributed by atoms with van der Waals surface area (Å²) in [5.74, 6) is -1.06. The van der Waals surface area contributed by atoms with Crippen LogP contribution in [-0.4, -0.2) is 30.2 Å². The van der Waals surface area contributed by atoms with Gasteiger partial charge >= 0.3 is 5.97 Å². The third kappa shape index (κ3) is 2.28. The molecule has 0 fully saturated rings. The first-order chi connectivity index (χ1) is 8.49. The van der Waals surface area contributed by atoms with Crippen LogP contribution in [0.25, 0.3) is 10.4 Å². The molecule has 94 valence electrons. The second-order valence-corrected chi connectivity index (χ2v) is 5.01. The molecule has 0 amide bonds. The molecule has 0 atom stereocenters. The number of thiazole rings is 1. The normalized spacial score (nSPS) is 10.3. The van der Waals surface area contributed by atoms with Gasteiger partial charge in [0, 0.05) is 19.8 Å². The summed E-state index contributed by atoms with van der Waals surface area (Å²) in [6.45, 7) is 0. The third-order valence-corrected chi connectivity index (χ3v) is 3.43. The molecule has 1 heterocycles. The van der Waals surface area contributed by atoms with Crippen LogP contribution in [0.2, 0.25) is 0 Å². The largest absolute Gasteiger partial charge is 0.476 e. The van der Waals surface area contributed by atoms with E-state index in [1.807, 2.05) is 43.3 Å². The van der Waals surface area contributed by atoms with Gasteiger partial charge in [-0.2, -0.15) is 0 Å². The van der Waals surface area contributed by atoms with Crippen LogP contribution in [0, 0.1) is 0 Å². The van der Waals surface area contributed by atoms with Crippen molar-refractivity contribution in [3.63, 3.8) is 0 Å². The van der Waals surface area contributed by atoms with E-state index in [0.29, 0.717) is 4.88 Å². The highest BCUT2D eigenvalue weighted by molar-refractivity contribution is 7.19. The lowest BCUT2D eigenvalue weighted by atomic mass is 10.1. The number of carboxylic acids is 1. The van der Waals surface area contributed by atoms with Crippen molar-refractivity contribution in [3.05, 3.63) is 30.0 Å². The van der Waals surface area contributed by atoms with E-state index >= 15 is 0 Å². The Morgan fingerprint density at radius 3 is 2.44 bits per heavy atom. The first-order valence-corrected chi connectivity index (χ1v) is 6.08. The zero-order valence-electron chi connectivity index (χ0n) is 10.0. The molecule has 0 radical (unpaired) electrons. The van der Waals surface area contributed by atoms with Crippen molar-refractivity contribution < 1.29 is 9.90 Å². The number of nitrogens with two attached hydrogens (primary N) is 1. The quantitative estimate of drug-likeness (QED) is 0.887. The summed E-state index contributed by atoms with van der Waals surface area (Å²) < 4.78 is 0. The van der Waals surface area contributed by atoms with Crippen molar-refractivity contribution in [1.29, 1.82) is 0 Å². The van der Waals surface area contributed by atoms with Crippen molar-refractivity contribution in [2.24, 2.45) is 0 Å². The number of rotatable bonds is 3. The molecule has 0 spiro atoms. The maximum Gasteiger partial charge on any atom is 0.356 e. The molecule has 0 aliphatic carbocycles. The fourth-order valence-corrected chi connectivity index (χ4v) is 2.42.